The predicted octanol–water partition coefficient (Wildman–Crippen LogP) is 1.62. The van der Waals surface area contributed by atoms with E-state index >= 15 is 0 Å². The number of nitrogens with one attached hydrogen (secondary N) is 1. The van der Waals surface area contributed by atoms with Crippen LogP contribution in [0.3, 0.4) is 0 Å². The normalized spacial score (nSPS) is 11.2. The number of rotatable bonds is 2. The topological polar surface area (TPSA) is 53.6 Å². The standard InChI is InChI=1S/C8H10Cl2N4/c9-12-8(13-11)14(10)6-7-4-2-1-3-5-7/h1-5H,6,11H2,(H,12,13). The lowest BCUT2D eigenvalue weighted by Gasteiger charge is -2.15. The summed E-state index contributed by atoms with van der Waals surface area (Å²) in [5.41, 5.74) is 3.32. The van der Waals surface area contributed by atoms with E-state index in [1.54, 1.807) is 0 Å². The highest BCUT2D eigenvalue weighted by atomic mass is 35.5. The number of hydrogen-bond acceptors (Lipinski definition) is 2. The highest BCUT2D eigenvalue weighted by molar-refractivity contribution is 6.26. The minimum absolute atomic E-state index is 0.206. The van der Waals surface area contributed by atoms with Crippen LogP contribution in [0.2, 0.25) is 0 Å². The van der Waals surface area contributed by atoms with Crippen molar-refractivity contribution in [3.8, 4) is 0 Å². The third kappa shape index (κ3) is 3.06. The van der Waals surface area contributed by atoms with Crippen molar-refractivity contribution in [1.82, 2.24) is 9.84 Å². The minimum atomic E-state index is 0.206. The molecule has 0 aliphatic carbocycles. The summed E-state index contributed by atoms with van der Waals surface area (Å²) in [6.07, 6.45) is 0. The number of benzene rings is 1. The van der Waals surface area contributed by atoms with Crippen LogP contribution in [0.5, 0.6) is 0 Å². The zero-order chi connectivity index (χ0) is 10.4. The zero-order valence-corrected chi connectivity index (χ0v) is 8.83. The number of halogens is 2. The van der Waals surface area contributed by atoms with Gasteiger partial charge in [0.05, 0.1) is 6.54 Å². The maximum Gasteiger partial charge on any atom is 0.240 e. The van der Waals surface area contributed by atoms with Crippen LogP contribution in [0, 0.1) is 0 Å². The molecule has 1 aromatic rings. The van der Waals surface area contributed by atoms with Crippen LogP contribution in [0.15, 0.2) is 34.8 Å². The third-order valence-electron chi connectivity index (χ3n) is 1.60. The van der Waals surface area contributed by atoms with Gasteiger partial charge in [-0.3, -0.25) is 5.43 Å². The maximum atomic E-state index is 5.86. The highest BCUT2D eigenvalue weighted by Gasteiger charge is 2.07. The smallest absolute Gasteiger partial charge is 0.240 e. The van der Waals surface area contributed by atoms with Gasteiger partial charge in [0, 0.05) is 23.6 Å². The Labute approximate surface area is 92.5 Å². The van der Waals surface area contributed by atoms with Gasteiger partial charge >= 0.3 is 0 Å². The van der Waals surface area contributed by atoms with E-state index in [1.165, 1.54) is 4.42 Å². The second-order valence-electron chi connectivity index (χ2n) is 2.56. The Morgan fingerprint density at radius 1 is 1.43 bits per heavy atom. The fourth-order valence-corrected chi connectivity index (χ4v) is 1.36. The van der Waals surface area contributed by atoms with Gasteiger partial charge in [0.15, 0.2) is 0 Å². The van der Waals surface area contributed by atoms with Gasteiger partial charge in [-0.1, -0.05) is 30.3 Å². The fraction of sp³-hybridized carbons (Fsp3) is 0.125. The molecule has 0 atom stereocenters. The monoisotopic (exact) mass is 232 g/mol. The van der Waals surface area contributed by atoms with Gasteiger partial charge in [-0.25, -0.2) is 10.3 Å². The quantitative estimate of drug-likeness (QED) is 0.268. The van der Waals surface area contributed by atoms with Crippen LogP contribution in [-0.4, -0.2) is 10.4 Å². The SMILES string of the molecule is NNC(=NCl)N(Cl)Cc1ccccc1. The molecular weight excluding hydrogens is 223 g/mol. The predicted molar refractivity (Wildman–Crippen MR) is 58.4 cm³/mol. The van der Waals surface area contributed by atoms with E-state index in [4.69, 9.17) is 29.4 Å². The van der Waals surface area contributed by atoms with E-state index in [1.807, 2.05) is 30.3 Å². The average molecular weight is 233 g/mol. The van der Waals surface area contributed by atoms with Crippen molar-refractivity contribution < 1.29 is 0 Å². The summed E-state index contributed by atoms with van der Waals surface area (Å²) >= 11 is 11.1. The van der Waals surface area contributed by atoms with Crippen LogP contribution >= 0.6 is 23.6 Å². The van der Waals surface area contributed by atoms with E-state index in [0.717, 1.165) is 5.56 Å². The van der Waals surface area contributed by atoms with Gasteiger partial charge < -0.3 is 0 Å². The molecule has 1 rings (SSSR count). The second-order valence-corrected chi connectivity index (χ2v) is 3.14. The minimum Gasteiger partial charge on any atom is -0.292 e. The van der Waals surface area contributed by atoms with Gasteiger partial charge in [0.2, 0.25) is 5.96 Å². The summed E-state index contributed by atoms with van der Waals surface area (Å²) in [7, 11) is 0. The summed E-state index contributed by atoms with van der Waals surface area (Å²) in [4.78, 5) is 0. The molecule has 76 valence electrons. The first-order chi connectivity index (χ1) is 6.77. The molecule has 0 heterocycles. The molecular formula is C8H10Cl2N4. The Morgan fingerprint density at radius 3 is 2.57 bits per heavy atom. The van der Waals surface area contributed by atoms with E-state index in [2.05, 4.69) is 9.94 Å². The Morgan fingerprint density at radius 2 is 2.07 bits per heavy atom. The number of hydrazine groups is 1. The van der Waals surface area contributed by atoms with Crippen molar-refractivity contribution in [2.45, 2.75) is 6.54 Å². The number of nitrogens with two attached hydrogens (primary N) is 1. The van der Waals surface area contributed by atoms with Crippen LogP contribution in [0.25, 0.3) is 0 Å². The third-order valence-corrected chi connectivity index (χ3v) is 2.04. The molecule has 14 heavy (non-hydrogen) atoms. The van der Waals surface area contributed by atoms with Crippen molar-refractivity contribution in [2.24, 2.45) is 10.4 Å². The molecule has 0 saturated heterocycles. The molecule has 0 aliphatic rings. The molecule has 6 heteroatoms. The molecule has 4 nitrogen and oxygen atoms in total. The second kappa shape index (κ2) is 5.70. The molecule has 0 radical (unpaired) electrons. The Kier molecular flexibility index (Phi) is 4.52. The number of guanidine groups is 1. The maximum absolute atomic E-state index is 5.86. The summed E-state index contributed by atoms with van der Waals surface area (Å²) < 4.78 is 4.64. The molecule has 0 spiro atoms. The molecule has 0 aliphatic heterocycles. The van der Waals surface area contributed by atoms with E-state index in [-0.39, 0.29) is 5.96 Å². The van der Waals surface area contributed by atoms with Crippen molar-refractivity contribution >= 4 is 29.5 Å². The Balaban J connectivity index is 2.61. The lowest BCUT2D eigenvalue weighted by Crippen LogP contribution is -2.39. The van der Waals surface area contributed by atoms with Crippen molar-refractivity contribution in [3.05, 3.63) is 35.9 Å². The molecule has 0 aromatic heterocycles. The lowest BCUT2D eigenvalue weighted by molar-refractivity contribution is 0.622. The lowest BCUT2D eigenvalue weighted by atomic mass is 10.2. The molecule has 0 fully saturated rings. The molecule has 3 N–H and O–H groups in total. The van der Waals surface area contributed by atoms with Crippen molar-refractivity contribution in [2.75, 3.05) is 0 Å². The Hall–Kier alpha value is -0.970. The highest BCUT2D eigenvalue weighted by Crippen LogP contribution is 2.06. The van der Waals surface area contributed by atoms with Gasteiger partial charge in [-0.2, -0.15) is 0 Å². The molecule has 0 bridgehead atoms. The Bertz CT molecular complexity index is 301. The largest absolute Gasteiger partial charge is 0.292 e. The van der Waals surface area contributed by atoms with Crippen molar-refractivity contribution in [1.29, 1.82) is 0 Å². The summed E-state index contributed by atoms with van der Waals surface area (Å²) in [6, 6.07) is 9.66. The van der Waals surface area contributed by atoms with Crippen LogP contribution in [0.4, 0.5) is 0 Å². The first-order valence-corrected chi connectivity index (χ1v) is 4.58. The van der Waals surface area contributed by atoms with Crippen LogP contribution in [-0.2, 0) is 6.54 Å². The van der Waals surface area contributed by atoms with E-state index < -0.39 is 0 Å². The van der Waals surface area contributed by atoms with Crippen molar-refractivity contribution in [3.63, 3.8) is 0 Å². The molecule has 0 unspecified atom stereocenters. The first kappa shape index (κ1) is 11.1. The fourth-order valence-electron chi connectivity index (χ4n) is 0.954. The van der Waals surface area contributed by atoms with Crippen LogP contribution in [0.1, 0.15) is 5.56 Å². The van der Waals surface area contributed by atoms with E-state index in [9.17, 15) is 0 Å². The summed E-state index contributed by atoms with van der Waals surface area (Å²) in [5, 5.41) is 0. The van der Waals surface area contributed by atoms with Gasteiger partial charge in [0.1, 0.15) is 0 Å². The zero-order valence-electron chi connectivity index (χ0n) is 7.32. The van der Waals surface area contributed by atoms with E-state index in [0.29, 0.717) is 6.54 Å². The van der Waals surface area contributed by atoms with Gasteiger partial charge in [0.25, 0.3) is 0 Å². The summed E-state index contributed by atoms with van der Waals surface area (Å²) in [6.45, 7) is 0.470. The van der Waals surface area contributed by atoms with Crippen LogP contribution < -0.4 is 11.3 Å². The van der Waals surface area contributed by atoms with Gasteiger partial charge in [-0.15, -0.1) is 4.51 Å². The first-order valence-electron chi connectivity index (χ1n) is 3.90. The molecule has 0 amide bonds. The number of hydrogen-bond donors (Lipinski definition) is 2. The summed E-state index contributed by atoms with van der Waals surface area (Å²) in [5.74, 6) is 5.35. The molecule has 0 saturated carbocycles. The number of nitrogens with zero attached hydrogens (tertiary/aromatic N) is 2. The average Bonchev–Trinajstić information content (AvgIpc) is 2.21. The van der Waals surface area contributed by atoms with Gasteiger partial charge in [-0.05, 0) is 5.56 Å². The molecule has 1 aromatic carbocycles.